The minimum absolute atomic E-state index is 0.242. The Morgan fingerprint density at radius 1 is 1.38 bits per heavy atom. The molecule has 1 fully saturated rings. The van der Waals surface area contributed by atoms with Gasteiger partial charge < -0.3 is 19.7 Å². The molecule has 0 aromatic carbocycles. The van der Waals surface area contributed by atoms with Gasteiger partial charge in [-0.2, -0.15) is 0 Å². The Hall–Kier alpha value is -0.893. The fourth-order valence-corrected chi connectivity index (χ4v) is 3.39. The molecule has 0 spiro atoms. The molecular formula is C16H29ClN4O2Si. The third-order valence-electron chi connectivity index (χ3n) is 4.01. The predicted octanol–water partition coefficient (Wildman–Crippen LogP) is 3.39. The molecule has 0 aliphatic carbocycles. The Labute approximate surface area is 150 Å². The maximum atomic E-state index is 6.12. The summed E-state index contributed by atoms with van der Waals surface area (Å²) in [4.78, 5) is 10.7. The lowest BCUT2D eigenvalue weighted by Gasteiger charge is -2.23. The van der Waals surface area contributed by atoms with Crippen LogP contribution in [0.5, 0.6) is 0 Å². The van der Waals surface area contributed by atoms with Gasteiger partial charge in [0.15, 0.2) is 0 Å². The number of nitrogens with one attached hydrogen (secondary N) is 1. The monoisotopic (exact) mass is 372 g/mol. The lowest BCUT2D eigenvalue weighted by Crippen LogP contribution is -2.27. The molecule has 6 nitrogen and oxygen atoms in total. The van der Waals surface area contributed by atoms with Crippen LogP contribution in [0.2, 0.25) is 31.0 Å². The van der Waals surface area contributed by atoms with Gasteiger partial charge >= 0.3 is 0 Å². The van der Waals surface area contributed by atoms with Gasteiger partial charge in [0.1, 0.15) is 18.4 Å². The van der Waals surface area contributed by atoms with Crippen LogP contribution in [0.3, 0.4) is 0 Å². The van der Waals surface area contributed by atoms with E-state index in [4.69, 9.17) is 21.1 Å². The normalized spacial score (nSPS) is 18.0. The summed E-state index contributed by atoms with van der Waals surface area (Å²) in [6.45, 7) is 11.8. The van der Waals surface area contributed by atoms with Gasteiger partial charge in [-0.3, -0.25) is 0 Å². The van der Waals surface area contributed by atoms with Crippen LogP contribution in [-0.4, -0.2) is 57.7 Å². The average Bonchev–Trinajstić information content (AvgIpc) is 2.99. The van der Waals surface area contributed by atoms with Gasteiger partial charge in [-0.25, -0.2) is 9.97 Å². The van der Waals surface area contributed by atoms with Gasteiger partial charge in [-0.05, 0) is 31.0 Å². The summed E-state index contributed by atoms with van der Waals surface area (Å²) in [5, 5.41) is 3.65. The summed E-state index contributed by atoms with van der Waals surface area (Å²) in [5.74, 6) is 1.57. The minimum Gasteiger partial charge on any atom is -0.379 e. The molecule has 1 N–H and O–H groups in total. The molecule has 2 rings (SSSR count). The van der Waals surface area contributed by atoms with Gasteiger partial charge in [0.05, 0.1) is 12.6 Å². The second kappa shape index (κ2) is 8.47. The quantitative estimate of drug-likeness (QED) is 0.326. The number of hydrogen-bond donors (Lipinski definition) is 1. The van der Waals surface area contributed by atoms with E-state index in [2.05, 4.69) is 34.9 Å². The number of rotatable bonds is 8. The number of anilines is 2. The third kappa shape index (κ3) is 5.88. The number of ether oxygens (including phenoxy) is 2. The van der Waals surface area contributed by atoms with Crippen molar-refractivity contribution in [3.8, 4) is 0 Å². The van der Waals surface area contributed by atoms with Gasteiger partial charge in [0.2, 0.25) is 5.28 Å². The highest BCUT2D eigenvalue weighted by molar-refractivity contribution is 6.76. The van der Waals surface area contributed by atoms with Crippen molar-refractivity contribution in [2.24, 2.45) is 0 Å². The smallest absolute Gasteiger partial charge is 0.226 e. The van der Waals surface area contributed by atoms with Crippen LogP contribution in [0.1, 0.15) is 12.0 Å². The molecule has 2 heterocycles. The molecule has 0 saturated carbocycles. The topological polar surface area (TPSA) is 59.5 Å². The van der Waals surface area contributed by atoms with E-state index in [0.29, 0.717) is 13.3 Å². The third-order valence-corrected chi connectivity index (χ3v) is 5.88. The molecule has 1 saturated heterocycles. The first-order valence-electron chi connectivity index (χ1n) is 8.43. The number of aromatic nitrogens is 2. The molecule has 1 atom stereocenters. The fraction of sp³-hybridized carbons (Fsp3) is 0.750. The van der Waals surface area contributed by atoms with Crippen molar-refractivity contribution in [3.63, 3.8) is 0 Å². The van der Waals surface area contributed by atoms with E-state index < -0.39 is 8.07 Å². The van der Waals surface area contributed by atoms with Crippen LogP contribution in [0.25, 0.3) is 0 Å². The lowest BCUT2D eigenvalue weighted by atomic mass is 10.2. The zero-order valence-electron chi connectivity index (χ0n) is 15.4. The molecule has 1 aliphatic heterocycles. The number of halogens is 1. The molecular weight excluding hydrogens is 344 g/mol. The van der Waals surface area contributed by atoms with Crippen molar-refractivity contribution >= 4 is 31.3 Å². The van der Waals surface area contributed by atoms with Gasteiger partial charge in [0.25, 0.3) is 0 Å². The maximum Gasteiger partial charge on any atom is 0.226 e. The van der Waals surface area contributed by atoms with Crippen molar-refractivity contribution in [1.82, 2.24) is 9.97 Å². The van der Waals surface area contributed by atoms with Crippen molar-refractivity contribution in [2.75, 3.05) is 43.8 Å². The Kier molecular flexibility index (Phi) is 6.85. The first kappa shape index (κ1) is 19.4. The molecule has 136 valence electrons. The summed E-state index contributed by atoms with van der Waals surface area (Å²) < 4.78 is 11.2. The van der Waals surface area contributed by atoms with E-state index in [1.54, 1.807) is 0 Å². The summed E-state index contributed by atoms with van der Waals surface area (Å²) in [6, 6.07) is 1.43. The van der Waals surface area contributed by atoms with E-state index in [0.717, 1.165) is 42.9 Å². The minimum atomic E-state index is -1.07. The number of hydrogen-bond acceptors (Lipinski definition) is 6. The Bertz CT molecular complexity index is 548. The molecule has 1 aromatic heterocycles. The van der Waals surface area contributed by atoms with Crippen LogP contribution in [0, 0.1) is 6.92 Å². The van der Waals surface area contributed by atoms with E-state index in [-0.39, 0.29) is 11.3 Å². The van der Waals surface area contributed by atoms with Crippen molar-refractivity contribution in [2.45, 2.75) is 45.1 Å². The second-order valence-corrected chi connectivity index (χ2v) is 13.5. The highest BCUT2D eigenvalue weighted by Crippen LogP contribution is 2.26. The van der Waals surface area contributed by atoms with E-state index >= 15 is 0 Å². The highest BCUT2D eigenvalue weighted by atomic mass is 35.5. The molecule has 0 bridgehead atoms. The lowest BCUT2D eigenvalue weighted by molar-refractivity contribution is 0.149. The Morgan fingerprint density at radius 3 is 2.75 bits per heavy atom. The summed E-state index contributed by atoms with van der Waals surface area (Å²) in [6.07, 6.45) is 0.978. The summed E-state index contributed by atoms with van der Waals surface area (Å²) >= 11 is 6.12. The van der Waals surface area contributed by atoms with Crippen molar-refractivity contribution < 1.29 is 9.47 Å². The van der Waals surface area contributed by atoms with Crippen LogP contribution >= 0.6 is 11.6 Å². The average molecular weight is 373 g/mol. The zero-order valence-corrected chi connectivity index (χ0v) is 17.1. The zero-order chi connectivity index (χ0) is 17.7. The fourth-order valence-electron chi connectivity index (χ4n) is 2.47. The molecule has 0 amide bonds. The van der Waals surface area contributed by atoms with Crippen molar-refractivity contribution in [3.05, 3.63) is 10.8 Å². The summed E-state index contributed by atoms with van der Waals surface area (Å²) in [5.41, 5.74) is 0.975. The number of nitrogens with zero attached hydrogens (tertiary/aromatic N) is 3. The first-order valence-corrected chi connectivity index (χ1v) is 12.5. The second-order valence-electron chi connectivity index (χ2n) is 7.54. The predicted molar refractivity (Wildman–Crippen MR) is 102 cm³/mol. The van der Waals surface area contributed by atoms with Gasteiger partial charge in [-0.1, -0.05) is 19.6 Å². The summed E-state index contributed by atoms with van der Waals surface area (Å²) in [7, 11) is 0.891. The molecule has 0 unspecified atom stereocenters. The highest BCUT2D eigenvalue weighted by Gasteiger charge is 2.20. The van der Waals surface area contributed by atoms with Crippen LogP contribution in [0.15, 0.2) is 0 Å². The SMILES string of the molecule is Cc1c(N[C@H]2CCOC2)nc(Cl)nc1N(C)COCC[Si](C)(C)C. The Morgan fingerprint density at radius 2 is 2.12 bits per heavy atom. The standard InChI is InChI=1S/C16H29ClN4O2Si/c1-12-14(18-13-6-7-22-10-13)19-16(17)20-15(12)21(2)11-23-8-9-24(3,4)5/h13H,6-11H2,1-5H3,(H,18,19,20)/t13-/m0/s1. The van der Waals surface area contributed by atoms with E-state index in [9.17, 15) is 0 Å². The van der Waals surface area contributed by atoms with Crippen LogP contribution in [-0.2, 0) is 9.47 Å². The molecule has 24 heavy (non-hydrogen) atoms. The molecule has 1 aromatic rings. The van der Waals surface area contributed by atoms with Gasteiger partial charge in [-0.15, -0.1) is 0 Å². The van der Waals surface area contributed by atoms with Crippen molar-refractivity contribution in [1.29, 1.82) is 0 Å². The maximum absolute atomic E-state index is 6.12. The van der Waals surface area contributed by atoms with Crippen LogP contribution < -0.4 is 10.2 Å². The molecule has 8 heteroatoms. The molecule has 1 aliphatic rings. The van der Waals surface area contributed by atoms with E-state index in [1.165, 1.54) is 0 Å². The molecule has 0 radical (unpaired) electrons. The van der Waals surface area contributed by atoms with E-state index in [1.807, 2.05) is 18.9 Å². The Balaban J connectivity index is 1.98. The van der Waals surface area contributed by atoms with Crippen LogP contribution in [0.4, 0.5) is 11.6 Å². The first-order chi connectivity index (χ1) is 11.3. The van der Waals surface area contributed by atoms with Gasteiger partial charge in [0, 0.05) is 33.9 Å². The largest absolute Gasteiger partial charge is 0.379 e.